The fourth-order valence-corrected chi connectivity index (χ4v) is 3.47. The number of fused-ring (bicyclic) bond motifs is 1. The normalized spacial score (nSPS) is 14.9. The highest BCUT2D eigenvalue weighted by Gasteiger charge is 2.14. The first-order chi connectivity index (χ1) is 12.1. The molecule has 1 saturated heterocycles. The molecule has 0 radical (unpaired) electrons. The molecule has 1 fully saturated rings. The minimum atomic E-state index is -0.341. The van der Waals surface area contributed by atoms with E-state index < -0.39 is 0 Å². The number of hydrogen-bond acceptors (Lipinski definition) is 3. The Hall–Kier alpha value is -2.82. The third-order valence-corrected chi connectivity index (χ3v) is 4.75. The van der Waals surface area contributed by atoms with Gasteiger partial charge in [-0.15, -0.1) is 0 Å². The summed E-state index contributed by atoms with van der Waals surface area (Å²) < 4.78 is 13.5. The van der Waals surface area contributed by atoms with E-state index in [1.165, 1.54) is 36.2 Å². The molecule has 2 N–H and O–H groups in total. The molecule has 0 amide bonds. The van der Waals surface area contributed by atoms with Crippen LogP contribution in [0.15, 0.2) is 41.4 Å². The van der Waals surface area contributed by atoms with Gasteiger partial charge in [-0.1, -0.05) is 0 Å². The zero-order chi connectivity index (χ0) is 17.4. The largest absolute Gasteiger partial charge is 0.494 e. The first-order valence-electron chi connectivity index (χ1n) is 8.52. The summed E-state index contributed by atoms with van der Waals surface area (Å²) in [5.41, 5.74) is 4.43. The maximum absolute atomic E-state index is 13.5. The highest BCUT2D eigenvalue weighted by molar-refractivity contribution is 6.02. The second-order valence-electron chi connectivity index (χ2n) is 6.50. The van der Waals surface area contributed by atoms with Crippen LogP contribution in [0, 0.1) is 12.7 Å². The van der Waals surface area contributed by atoms with Crippen molar-refractivity contribution >= 4 is 28.5 Å². The Morgan fingerprint density at radius 1 is 1.16 bits per heavy atom. The lowest BCUT2D eigenvalue weighted by molar-refractivity contribution is 0.457. The van der Waals surface area contributed by atoms with E-state index in [1.807, 2.05) is 12.1 Å². The van der Waals surface area contributed by atoms with E-state index in [0.29, 0.717) is 16.5 Å². The van der Waals surface area contributed by atoms with Gasteiger partial charge in [0.2, 0.25) is 0 Å². The smallest absolute Gasteiger partial charge is 0.198 e. The number of halogens is 1. The Morgan fingerprint density at radius 2 is 1.96 bits per heavy atom. The fraction of sp³-hybridized carbons (Fsp3) is 0.250. The van der Waals surface area contributed by atoms with Gasteiger partial charge in [-0.25, -0.2) is 4.39 Å². The molecule has 1 aromatic heterocycles. The van der Waals surface area contributed by atoms with Crippen molar-refractivity contribution in [1.29, 1.82) is 0 Å². The lowest BCUT2D eigenvalue weighted by Crippen LogP contribution is -2.18. The molecule has 2 aromatic carbocycles. The van der Waals surface area contributed by atoms with Crippen molar-refractivity contribution in [3.05, 3.63) is 53.3 Å². The van der Waals surface area contributed by atoms with Crippen molar-refractivity contribution in [2.24, 2.45) is 4.99 Å². The number of aromatic hydroxyl groups is 1. The summed E-state index contributed by atoms with van der Waals surface area (Å²) in [6.07, 6.45) is 4.07. The number of aromatic nitrogens is 1. The van der Waals surface area contributed by atoms with Gasteiger partial charge >= 0.3 is 0 Å². The monoisotopic (exact) mass is 337 g/mol. The van der Waals surface area contributed by atoms with Gasteiger partial charge in [0.1, 0.15) is 5.82 Å². The molecule has 0 saturated carbocycles. The minimum Gasteiger partial charge on any atom is -0.494 e. The third kappa shape index (κ3) is 2.97. The number of nitrogens with one attached hydrogen (secondary N) is 1. The minimum absolute atomic E-state index is 0.00485. The van der Waals surface area contributed by atoms with Crippen LogP contribution in [0.25, 0.3) is 10.9 Å². The van der Waals surface area contributed by atoms with Gasteiger partial charge in [-0.05, 0) is 61.7 Å². The molecule has 0 bridgehead atoms. The van der Waals surface area contributed by atoms with Gasteiger partial charge in [0.05, 0.1) is 11.3 Å². The molecule has 25 heavy (non-hydrogen) atoms. The van der Waals surface area contributed by atoms with Gasteiger partial charge in [0, 0.05) is 35.9 Å². The molecule has 0 unspecified atom stereocenters. The van der Waals surface area contributed by atoms with Crippen LogP contribution in [0.1, 0.15) is 24.0 Å². The number of benzene rings is 2. The Balaban J connectivity index is 1.65. The van der Waals surface area contributed by atoms with E-state index in [2.05, 4.69) is 27.9 Å². The van der Waals surface area contributed by atoms with Crippen LogP contribution in [0.2, 0.25) is 0 Å². The molecule has 128 valence electrons. The van der Waals surface area contributed by atoms with Crippen LogP contribution in [0.4, 0.5) is 15.8 Å². The van der Waals surface area contributed by atoms with Gasteiger partial charge in [0.25, 0.3) is 0 Å². The van der Waals surface area contributed by atoms with Crippen LogP contribution in [0.3, 0.4) is 0 Å². The van der Waals surface area contributed by atoms with Crippen LogP contribution in [0.5, 0.6) is 5.88 Å². The predicted octanol–water partition coefficient (Wildman–Crippen LogP) is 4.67. The Labute approximate surface area is 145 Å². The first kappa shape index (κ1) is 15.7. The topological polar surface area (TPSA) is 51.6 Å². The second kappa shape index (κ2) is 6.24. The summed E-state index contributed by atoms with van der Waals surface area (Å²) in [6, 6.07) is 10.5. The number of aryl methyl sites for hydroxylation is 1. The first-order valence-corrected chi connectivity index (χ1v) is 8.52. The second-order valence-corrected chi connectivity index (χ2v) is 6.50. The molecule has 1 aliphatic rings. The molecule has 0 aliphatic carbocycles. The SMILES string of the molecule is Cc1cc(N=Cc2c(O)[nH]c3ccc(F)cc23)ccc1N1CCCC1. The molecule has 4 nitrogen and oxygen atoms in total. The Morgan fingerprint density at radius 3 is 2.72 bits per heavy atom. The van der Waals surface area contributed by atoms with Gasteiger partial charge in [-0.3, -0.25) is 4.99 Å². The molecule has 2 heterocycles. The van der Waals surface area contributed by atoms with E-state index in [9.17, 15) is 9.50 Å². The molecule has 0 spiro atoms. The lowest BCUT2D eigenvalue weighted by Gasteiger charge is -2.20. The molecular formula is C20H20FN3O. The van der Waals surface area contributed by atoms with Crippen LogP contribution in [-0.4, -0.2) is 29.4 Å². The Kier molecular flexibility index (Phi) is 3.92. The highest BCUT2D eigenvalue weighted by atomic mass is 19.1. The van der Waals surface area contributed by atoms with Crippen molar-refractivity contribution in [2.75, 3.05) is 18.0 Å². The number of aromatic amines is 1. The van der Waals surface area contributed by atoms with E-state index in [1.54, 1.807) is 12.3 Å². The highest BCUT2D eigenvalue weighted by Crippen LogP contribution is 2.29. The molecule has 0 atom stereocenters. The quantitative estimate of drug-likeness (QED) is 0.682. The van der Waals surface area contributed by atoms with Crippen molar-refractivity contribution < 1.29 is 9.50 Å². The summed E-state index contributed by atoms with van der Waals surface area (Å²) >= 11 is 0. The zero-order valence-electron chi connectivity index (χ0n) is 14.1. The average Bonchev–Trinajstić information content (AvgIpc) is 3.21. The predicted molar refractivity (Wildman–Crippen MR) is 99.8 cm³/mol. The van der Waals surface area contributed by atoms with Gasteiger partial charge in [0.15, 0.2) is 5.88 Å². The van der Waals surface area contributed by atoms with Gasteiger partial charge < -0.3 is 15.0 Å². The Bertz CT molecular complexity index is 955. The number of aliphatic imine (C=N–C) groups is 1. The average molecular weight is 337 g/mol. The van der Waals surface area contributed by atoms with Crippen molar-refractivity contribution in [3.63, 3.8) is 0 Å². The number of hydrogen-bond donors (Lipinski definition) is 2. The summed E-state index contributed by atoms with van der Waals surface area (Å²) in [6.45, 7) is 4.31. The summed E-state index contributed by atoms with van der Waals surface area (Å²) in [4.78, 5) is 9.71. The van der Waals surface area contributed by atoms with Crippen LogP contribution >= 0.6 is 0 Å². The molecule has 1 aliphatic heterocycles. The summed E-state index contributed by atoms with van der Waals surface area (Å²) in [5, 5.41) is 10.7. The molecule has 4 rings (SSSR count). The zero-order valence-corrected chi connectivity index (χ0v) is 14.1. The number of H-pyrrole nitrogens is 1. The van der Waals surface area contributed by atoms with Crippen molar-refractivity contribution in [3.8, 4) is 5.88 Å². The van der Waals surface area contributed by atoms with E-state index >= 15 is 0 Å². The fourth-order valence-electron chi connectivity index (χ4n) is 3.47. The molecule has 5 heteroatoms. The number of nitrogens with zero attached hydrogens (tertiary/aromatic N) is 2. The van der Waals surface area contributed by atoms with E-state index in [4.69, 9.17) is 0 Å². The molecule has 3 aromatic rings. The third-order valence-electron chi connectivity index (χ3n) is 4.75. The summed E-state index contributed by atoms with van der Waals surface area (Å²) in [7, 11) is 0. The summed E-state index contributed by atoms with van der Waals surface area (Å²) in [5.74, 6) is -0.346. The van der Waals surface area contributed by atoms with Crippen molar-refractivity contribution in [2.45, 2.75) is 19.8 Å². The van der Waals surface area contributed by atoms with Crippen molar-refractivity contribution in [1.82, 2.24) is 4.98 Å². The number of anilines is 1. The standard InChI is InChI=1S/C20H20FN3O/c1-13-10-15(5-7-19(13)24-8-2-3-9-24)22-12-17-16-11-14(21)4-6-18(16)23-20(17)25/h4-7,10-12,23,25H,2-3,8-9H2,1H3. The lowest BCUT2D eigenvalue weighted by atomic mass is 10.1. The maximum Gasteiger partial charge on any atom is 0.198 e. The van der Waals surface area contributed by atoms with Crippen LogP contribution < -0.4 is 4.90 Å². The van der Waals surface area contributed by atoms with E-state index in [-0.39, 0.29) is 11.7 Å². The van der Waals surface area contributed by atoms with E-state index in [0.717, 1.165) is 18.8 Å². The maximum atomic E-state index is 13.5. The number of rotatable bonds is 3. The van der Waals surface area contributed by atoms with Crippen LogP contribution in [-0.2, 0) is 0 Å². The molecular weight excluding hydrogens is 317 g/mol. The van der Waals surface area contributed by atoms with Gasteiger partial charge in [-0.2, -0.15) is 0 Å².